The molecule has 0 radical (unpaired) electrons. The number of thiophene rings is 1. The van der Waals surface area contributed by atoms with Crippen LogP contribution in [0.1, 0.15) is 0 Å². The number of hydrogen-bond donors (Lipinski definition) is 0. The van der Waals surface area contributed by atoms with Crippen molar-refractivity contribution in [1.29, 1.82) is 0 Å². The lowest BCUT2D eigenvalue weighted by Crippen LogP contribution is -2.10. The van der Waals surface area contributed by atoms with Crippen LogP contribution in [0.3, 0.4) is 0 Å². The molecule has 0 bridgehead atoms. The average Bonchev–Trinajstić information content (AvgIpc) is 3.71. The molecule has 1 aromatic heterocycles. The summed E-state index contributed by atoms with van der Waals surface area (Å²) in [7, 11) is 0. The highest BCUT2D eigenvalue weighted by molar-refractivity contribution is 7.26. The van der Waals surface area contributed by atoms with Gasteiger partial charge in [-0.1, -0.05) is 194 Å². The molecule has 0 amide bonds. The molecule has 0 aliphatic heterocycles. The highest BCUT2D eigenvalue weighted by Gasteiger charge is 2.20. The van der Waals surface area contributed by atoms with E-state index in [2.05, 4.69) is 241 Å². The van der Waals surface area contributed by atoms with Crippen LogP contribution in [0.15, 0.2) is 237 Å². The van der Waals surface area contributed by atoms with Crippen molar-refractivity contribution in [3.8, 4) is 55.6 Å². The highest BCUT2D eigenvalue weighted by atomic mass is 32.1. The Morgan fingerprint density at radius 2 is 0.750 bits per heavy atom. The molecule has 0 spiro atoms. The Morgan fingerprint density at radius 1 is 0.283 bits per heavy atom. The van der Waals surface area contributed by atoms with Crippen LogP contribution in [0.4, 0.5) is 17.1 Å². The number of anilines is 3. The normalized spacial score (nSPS) is 11.3. The molecule has 0 aliphatic carbocycles. The van der Waals surface area contributed by atoms with Gasteiger partial charge in [0.1, 0.15) is 0 Å². The zero-order valence-corrected chi connectivity index (χ0v) is 33.7. The highest BCUT2D eigenvalue weighted by Crippen LogP contribution is 2.47. The standard InChI is InChI=1S/C58H39NS/c1-3-15-40(16-4-1)45-33-38-57-55(39-45)54-27-14-28-56(58(54)60-57)59(46-34-29-43(30-35-46)49-26-13-20-42-19-7-8-21-48(42)49)47-36-31-44(32-37-47)51-23-10-12-25-53(51)52-24-11-9-22-50(52)41-17-5-2-6-18-41/h1-39H. The second-order valence-electron chi connectivity index (χ2n) is 15.2. The Kier molecular flexibility index (Phi) is 9.11. The first-order valence-electron chi connectivity index (χ1n) is 20.5. The Labute approximate surface area is 354 Å². The summed E-state index contributed by atoms with van der Waals surface area (Å²) in [5, 5.41) is 5.06. The zero-order valence-electron chi connectivity index (χ0n) is 32.9. The first kappa shape index (κ1) is 35.6. The van der Waals surface area contributed by atoms with Gasteiger partial charge in [-0.2, -0.15) is 0 Å². The van der Waals surface area contributed by atoms with Gasteiger partial charge in [0.15, 0.2) is 0 Å². The van der Waals surface area contributed by atoms with E-state index in [9.17, 15) is 0 Å². The summed E-state index contributed by atoms with van der Waals surface area (Å²) < 4.78 is 2.55. The Bertz CT molecular complexity index is 3290. The van der Waals surface area contributed by atoms with Gasteiger partial charge in [-0.05, 0) is 109 Å². The van der Waals surface area contributed by atoms with E-state index >= 15 is 0 Å². The van der Waals surface area contributed by atoms with Crippen molar-refractivity contribution in [1.82, 2.24) is 0 Å². The number of hydrogen-bond acceptors (Lipinski definition) is 2. The quantitative estimate of drug-likeness (QED) is 0.148. The van der Waals surface area contributed by atoms with Crippen molar-refractivity contribution in [2.24, 2.45) is 0 Å². The summed E-state index contributed by atoms with van der Waals surface area (Å²) >= 11 is 1.87. The van der Waals surface area contributed by atoms with Crippen molar-refractivity contribution in [3.05, 3.63) is 237 Å². The molecule has 2 heteroatoms. The third-order valence-electron chi connectivity index (χ3n) is 11.7. The fourth-order valence-electron chi connectivity index (χ4n) is 8.81. The molecule has 1 heterocycles. The van der Waals surface area contributed by atoms with Crippen LogP contribution in [0.5, 0.6) is 0 Å². The number of rotatable bonds is 8. The van der Waals surface area contributed by atoms with E-state index in [1.807, 2.05) is 11.3 Å². The molecule has 0 atom stereocenters. The van der Waals surface area contributed by atoms with Crippen LogP contribution in [-0.2, 0) is 0 Å². The molecule has 0 aliphatic rings. The van der Waals surface area contributed by atoms with Crippen LogP contribution >= 0.6 is 11.3 Å². The van der Waals surface area contributed by atoms with Gasteiger partial charge in [-0.25, -0.2) is 0 Å². The molecule has 0 unspecified atom stereocenters. The predicted molar refractivity (Wildman–Crippen MR) is 259 cm³/mol. The van der Waals surface area contributed by atoms with E-state index in [1.54, 1.807) is 0 Å². The first-order valence-corrected chi connectivity index (χ1v) is 21.3. The molecule has 0 saturated carbocycles. The molecule has 60 heavy (non-hydrogen) atoms. The molecule has 1 nitrogen and oxygen atoms in total. The maximum absolute atomic E-state index is 2.43. The predicted octanol–water partition coefficient (Wildman–Crippen LogP) is 17.0. The molecule has 282 valence electrons. The molecule has 11 rings (SSSR count). The Balaban J connectivity index is 1.04. The summed E-state index contributed by atoms with van der Waals surface area (Å²) in [6.07, 6.45) is 0. The van der Waals surface area contributed by atoms with Crippen LogP contribution in [0.2, 0.25) is 0 Å². The van der Waals surface area contributed by atoms with Crippen molar-refractivity contribution in [2.45, 2.75) is 0 Å². The fourth-order valence-corrected chi connectivity index (χ4v) is 10.00. The van der Waals surface area contributed by atoms with Gasteiger partial charge >= 0.3 is 0 Å². The van der Waals surface area contributed by atoms with Gasteiger partial charge < -0.3 is 4.90 Å². The van der Waals surface area contributed by atoms with E-state index in [-0.39, 0.29) is 0 Å². The van der Waals surface area contributed by atoms with E-state index in [4.69, 9.17) is 0 Å². The SMILES string of the molecule is c1ccc(-c2ccc3sc4c(N(c5ccc(-c6ccccc6-c6ccccc6-c6ccccc6)cc5)c5ccc(-c6cccc7ccccc67)cc5)cccc4c3c2)cc1. The van der Waals surface area contributed by atoms with E-state index < -0.39 is 0 Å². The van der Waals surface area contributed by atoms with Gasteiger partial charge in [0.25, 0.3) is 0 Å². The molecule has 0 fully saturated rings. The molecule has 10 aromatic carbocycles. The Hall–Kier alpha value is -7.52. The molecular formula is C58H39NS. The minimum atomic E-state index is 1.11. The second kappa shape index (κ2) is 15.3. The Morgan fingerprint density at radius 3 is 1.42 bits per heavy atom. The maximum Gasteiger partial charge on any atom is 0.0640 e. The lowest BCUT2D eigenvalue weighted by atomic mass is 9.89. The van der Waals surface area contributed by atoms with Crippen LogP contribution < -0.4 is 4.90 Å². The lowest BCUT2D eigenvalue weighted by Gasteiger charge is -2.26. The van der Waals surface area contributed by atoms with Gasteiger partial charge in [-0.15, -0.1) is 11.3 Å². The molecule has 11 aromatic rings. The summed E-state index contributed by atoms with van der Waals surface area (Å²) in [6.45, 7) is 0. The van der Waals surface area contributed by atoms with Gasteiger partial charge in [0.2, 0.25) is 0 Å². The number of fused-ring (bicyclic) bond motifs is 4. The van der Waals surface area contributed by atoms with Gasteiger partial charge in [0, 0.05) is 26.8 Å². The molecule has 0 saturated heterocycles. The maximum atomic E-state index is 2.43. The van der Waals surface area contributed by atoms with Gasteiger partial charge in [0.05, 0.1) is 10.4 Å². The average molecular weight is 782 g/mol. The third-order valence-corrected chi connectivity index (χ3v) is 12.9. The van der Waals surface area contributed by atoms with Crippen molar-refractivity contribution in [3.63, 3.8) is 0 Å². The third kappa shape index (κ3) is 6.44. The van der Waals surface area contributed by atoms with Crippen LogP contribution in [0, 0.1) is 0 Å². The minimum absolute atomic E-state index is 1.11. The topological polar surface area (TPSA) is 3.24 Å². The minimum Gasteiger partial charge on any atom is -0.309 e. The second-order valence-corrected chi connectivity index (χ2v) is 16.3. The van der Waals surface area contributed by atoms with Gasteiger partial charge in [-0.3, -0.25) is 0 Å². The number of benzene rings is 10. The number of nitrogens with zero attached hydrogens (tertiary/aromatic N) is 1. The van der Waals surface area contributed by atoms with E-state index in [0.717, 1.165) is 17.1 Å². The monoisotopic (exact) mass is 781 g/mol. The lowest BCUT2D eigenvalue weighted by molar-refractivity contribution is 1.30. The molecule has 0 N–H and O–H groups in total. The van der Waals surface area contributed by atoms with E-state index in [1.165, 1.54) is 86.6 Å². The summed E-state index contributed by atoms with van der Waals surface area (Å²) in [4.78, 5) is 2.43. The van der Waals surface area contributed by atoms with Crippen molar-refractivity contribution < 1.29 is 0 Å². The van der Waals surface area contributed by atoms with Crippen molar-refractivity contribution in [2.75, 3.05) is 4.90 Å². The fraction of sp³-hybridized carbons (Fsp3) is 0. The largest absolute Gasteiger partial charge is 0.309 e. The zero-order chi connectivity index (χ0) is 39.8. The van der Waals surface area contributed by atoms with Crippen LogP contribution in [-0.4, -0.2) is 0 Å². The van der Waals surface area contributed by atoms with E-state index in [0.29, 0.717) is 0 Å². The van der Waals surface area contributed by atoms with Crippen molar-refractivity contribution >= 4 is 59.3 Å². The summed E-state index contributed by atoms with van der Waals surface area (Å²) in [5.41, 5.74) is 15.6. The van der Waals surface area contributed by atoms with Crippen LogP contribution in [0.25, 0.3) is 86.6 Å². The summed E-state index contributed by atoms with van der Waals surface area (Å²) in [5.74, 6) is 0. The smallest absolute Gasteiger partial charge is 0.0640 e. The summed E-state index contributed by atoms with van der Waals surface area (Å²) in [6, 6.07) is 86.0. The first-order chi connectivity index (χ1) is 29.8. The molecular weight excluding hydrogens is 743 g/mol.